The fourth-order valence-electron chi connectivity index (χ4n) is 1.68. The van der Waals surface area contributed by atoms with Crippen LogP contribution >= 0.6 is 11.3 Å². The van der Waals surface area contributed by atoms with E-state index in [0.717, 1.165) is 6.29 Å². The molecule has 2 rings (SSSR count). The molecule has 0 radical (unpaired) electrons. The molecule has 0 saturated heterocycles. The predicted molar refractivity (Wildman–Crippen MR) is 75.9 cm³/mol. The lowest BCUT2D eigenvalue weighted by atomic mass is 10.2. The third-order valence-electron chi connectivity index (χ3n) is 2.57. The first kappa shape index (κ1) is 14.2. The maximum absolute atomic E-state index is 10.7. The van der Waals surface area contributed by atoms with Crippen LogP contribution in [0.15, 0.2) is 24.3 Å². The van der Waals surface area contributed by atoms with Crippen molar-refractivity contribution >= 4 is 17.6 Å². The summed E-state index contributed by atoms with van der Waals surface area (Å²) in [5, 5.41) is 0.612. The van der Waals surface area contributed by atoms with Crippen LogP contribution in [-0.2, 0) is 0 Å². The molecule has 0 bridgehead atoms. The second kappa shape index (κ2) is 6.29. The zero-order chi connectivity index (χ0) is 14.5. The third-order valence-corrected chi connectivity index (χ3v) is 3.46. The van der Waals surface area contributed by atoms with Gasteiger partial charge >= 0.3 is 0 Å². The Balaban J connectivity index is 2.34. The largest absolute Gasteiger partial charge is 0.493 e. The van der Waals surface area contributed by atoms with E-state index < -0.39 is 0 Å². The molecule has 0 aliphatic carbocycles. The Morgan fingerprint density at radius 3 is 2.10 bits per heavy atom. The molecule has 106 valence electrons. The first-order valence-electron chi connectivity index (χ1n) is 5.74. The van der Waals surface area contributed by atoms with Gasteiger partial charge < -0.3 is 18.9 Å². The van der Waals surface area contributed by atoms with Crippen molar-refractivity contribution in [2.45, 2.75) is 0 Å². The quantitative estimate of drug-likeness (QED) is 0.764. The van der Waals surface area contributed by atoms with Crippen LogP contribution in [0.2, 0.25) is 0 Å². The normalized spacial score (nSPS) is 9.95. The molecule has 0 aliphatic heterocycles. The van der Waals surface area contributed by atoms with Crippen LogP contribution in [0, 0.1) is 0 Å². The average Bonchev–Trinajstić information content (AvgIpc) is 2.93. The topological polar surface area (TPSA) is 54.0 Å². The summed E-state index contributed by atoms with van der Waals surface area (Å²) in [6.45, 7) is 0. The summed E-state index contributed by atoms with van der Waals surface area (Å²) in [5.74, 6) is 2.06. The van der Waals surface area contributed by atoms with Crippen LogP contribution in [0.25, 0.3) is 0 Å². The van der Waals surface area contributed by atoms with E-state index in [1.54, 1.807) is 24.3 Å². The summed E-state index contributed by atoms with van der Waals surface area (Å²) in [6.07, 6.45) is 0.784. The Labute approximate surface area is 120 Å². The molecule has 0 saturated carbocycles. The number of ether oxygens (including phenoxy) is 4. The molecular formula is C14H14O5S. The first-order valence-corrected chi connectivity index (χ1v) is 6.56. The van der Waals surface area contributed by atoms with Crippen LogP contribution in [0.3, 0.4) is 0 Å². The highest BCUT2D eigenvalue weighted by Gasteiger charge is 2.14. The minimum absolute atomic E-state index is 0.502. The number of carbonyl (C=O) groups excluding carboxylic acids is 1. The van der Waals surface area contributed by atoms with Gasteiger partial charge in [-0.15, -0.1) is 0 Å². The van der Waals surface area contributed by atoms with E-state index in [1.807, 2.05) is 0 Å². The molecule has 0 spiro atoms. The Hall–Kier alpha value is -2.21. The highest BCUT2D eigenvalue weighted by Crippen LogP contribution is 2.42. The molecule has 0 fully saturated rings. The molecule has 0 amide bonds. The minimum Gasteiger partial charge on any atom is -0.493 e. The van der Waals surface area contributed by atoms with Crippen molar-refractivity contribution in [1.82, 2.24) is 0 Å². The van der Waals surface area contributed by atoms with E-state index in [1.165, 1.54) is 32.7 Å². The molecule has 0 unspecified atom stereocenters. The molecule has 1 heterocycles. The standard InChI is InChI=1S/C14H14O5S/c1-16-11-6-9(7-12(17-2)14(11)18-3)19-13-5-4-10(8-15)20-13/h4-8H,1-3H3. The molecular weight excluding hydrogens is 280 g/mol. The van der Waals surface area contributed by atoms with Crippen LogP contribution in [0.1, 0.15) is 9.67 Å². The van der Waals surface area contributed by atoms with Crippen molar-refractivity contribution < 1.29 is 23.7 Å². The van der Waals surface area contributed by atoms with Crippen molar-refractivity contribution in [1.29, 1.82) is 0 Å². The highest BCUT2D eigenvalue weighted by atomic mass is 32.1. The molecule has 1 aromatic heterocycles. The van der Waals surface area contributed by atoms with Gasteiger partial charge in [0, 0.05) is 12.1 Å². The molecule has 0 atom stereocenters. The molecule has 0 aliphatic rings. The average molecular weight is 294 g/mol. The maximum atomic E-state index is 10.7. The van der Waals surface area contributed by atoms with Gasteiger partial charge in [-0.3, -0.25) is 4.79 Å². The smallest absolute Gasteiger partial charge is 0.203 e. The van der Waals surface area contributed by atoms with E-state index in [0.29, 0.717) is 32.9 Å². The summed E-state index contributed by atoms with van der Waals surface area (Å²) in [7, 11) is 4.62. The van der Waals surface area contributed by atoms with E-state index in [-0.39, 0.29) is 0 Å². The lowest BCUT2D eigenvalue weighted by molar-refractivity contribution is 0.112. The maximum Gasteiger partial charge on any atom is 0.203 e. The molecule has 0 N–H and O–H groups in total. The molecule has 1 aromatic carbocycles. The lowest BCUT2D eigenvalue weighted by Crippen LogP contribution is -1.95. The Morgan fingerprint density at radius 1 is 1.00 bits per heavy atom. The van der Waals surface area contributed by atoms with E-state index in [4.69, 9.17) is 18.9 Å². The van der Waals surface area contributed by atoms with Crippen LogP contribution in [0.5, 0.6) is 28.1 Å². The number of benzene rings is 1. The van der Waals surface area contributed by atoms with Gasteiger partial charge in [-0.25, -0.2) is 0 Å². The van der Waals surface area contributed by atoms with Gasteiger partial charge in [0.05, 0.1) is 26.2 Å². The van der Waals surface area contributed by atoms with Crippen molar-refractivity contribution in [2.75, 3.05) is 21.3 Å². The summed E-state index contributed by atoms with van der Waals surface area (Å²) >= 11 is 1.26. The van der Waals surface area contributed by atoms with Crippen LogP contribution in [0.4, 0.5) is 0 Å². The van der Waals surface area contributed by atoms with Crippen LogP contribution in [-0.4, -0.2) is 27.6 Å². The second-order valence-corrected chi connectivity index (χ2v) is 4.82. The van der Waals surface area contributed by atoms with Crippen molar-refractivity contribution in [3.63, 3.8) is 0 Å². The van der Waals surface area contributed by atoms with E-state index >= 15 is 0 Å². The Morgan fingerprint density at radius 2 is 1.65 bits per heavy atom. The lowest BCUT2D eigenvalue weighted by Gasteiger charge is -2.13. The Bertz CT molecular complexity index is 580. The van der Waals surface area contributed by atoms with E-state index in [9.17, 15) is 4.79 Å². The number of thiophene rings is 1. The SMILES string of the molecule is COc1cc(Oc2ccc(C=O)s2)cc(OC)c1OC. The van der Waals surface area contributed by atoms with Gasteiger partial charge in [0.25, 0.3) is 0 Å². The van der Waals surface area contributed by atoms with E-state index in [2.05, 4.69) is 0 Å². The van der Waals surface area contributed by atoms with Gasteiger partial charge in [-0.1, -0.05) is 11.3 Å². The number of aldehydes is 1. The number of hydrogen-bond donors (Lipinski definition) is 0. The van der Waals surface area contributed by atoms with Crippen molar-refractivity contribution in [3.8, 4) is 28.1 Å². The summed E-state index contributed by atoms with van der Waals surface area (Å²) in [5.41, 5.74) is 0. The fourth-order valence-corrected chi connectivity index (χ4v) is 2.38. The molecule has 20 heavy (non-hydrogen) atoms. The van der Waals surface area contributed by atoms with Gasteiger partial charge in [-0.05, 0) is 12.1 Å². The molecule has 2 aromatic rings. The van der Waals surface area contributed by atoms with Crippen molar-refractivity contribution in [3.05, 3.63) is 29.1 Å². The summed E-state index contributed by atoms with van der Waals surface area (Å²) in [4.78, 5) is 11.3. The fraction of sp³-hybridized carbons (Fsp3) is 0.214. The number of rotatable bonds is 6. The Kier molecular flexibility index (Phi) is 4.47. The van der Waals surface area contributed by atoms with Crippen molar-refractivity contribution in [2.24, 2.45) is 0 Å². The van der Waals surface area contributed by atoms with Gasteiger partial charge in [0.2, 0.25) is 5.75 Å². The van der Waals surface area contributed by atoms with Gasteiger partial charge in [-0.2, -0.15) is 0 Å². The second-order valence-electron chi connectivity index (χ2n) is 3.74. The zero-order valence-corrected chi connectivity index (χ0v) is 12.2. The van der Waals surface area contributed by atoms with Gasteiger partial charge in [0.1, 0.15) is 5.75 Å². The van der Waals surface area contributed by atoms with Crippen LogP contribution < -0.4 is 18.9 Å². The number of carbonyl (C=O) groups is 1. The number of hydrogen-bond acceptors (Lipinski definition) is 6. The van der Waals surface area contributed by atoms with Gasteiger partial charge in [0.15, 0.2) is 22.8 Å². The highest BCUT2D eigenvalue weighted by molar-refractivity contribution is 7.15. The number of methoxy groups -OCH3 is 3. The monoisotopic (exact) mass is 294 g/mol. The molecule has 6 heteroatoms. The summed E-state index contributed by atoms with van der Waals surface area (Å²) in [6, 6.07) is 6.83. The first-order chi connectivity index (χ1) is 9.71. The summed E-state index contributed by atoms with van der Waals surface area (Å²) < 4.78 is 21.4. The third kappa shape index (κ3) is 2.85. The minimum atomic E-state index is 0.502. The predicted octanol–water partition coefficient (Wildman–Crippen LogP) is 3.38. The molecule has 5 nitrogen and oxygen atoms in total. The zero-order valence-electron chi connectivity index (χ0n) is 11.3.